The smallest absolute Gasteiger partial charge is 0.255 e. The number of hydrogen-bond donors (Lipinski definition) is 3. The maximum atomic E-state index is 12.9. The van der Waals surface area contributed by atoms with Gasteiger partial charge in [-0.15, -0.1) is 22.7 Å². The molecule has 180 valence electrons. The van der Waals surface area contributed by atoms with Gasteiger partial charge in [0, 0.05) is 27.5 Å². The molecule has 1 saturated heterocycles. The lowest BCUT2D eigenvalue weighted by molar-refractivity contribution is -0.153. The predicted molar refractivity (Wildman–Crippen MR) is 133 cm³/mol. The third kappa shape index (κ3) is 5.67. The Morgan fingerprint density at radius 1 is 1.24 bits per heavy atom. The van der Waals surface area contributed by atoms with Gasteiger partial charge in [-0.05, 0) is 54.8 Å². The fourth-order valence-corrected chi connectivity index (χ4v) is 5.99. The van der Waals surface area contributed by atoms with E-state index in [4.69, 9.17) is 11.6 Å². The van der Waals surface area contributed by atoms with Crippen LogP contribution in [0.2, 0.25) is 5.02 Å². The largest absolute Gasteiger partial charge is 0.380 e. The molecule has 3 aromatic rings. The van der Waals surface area contributed by atoms with Crippen LogP contribution in [0.3, 0.4) is 0 Å². The molecule has 0 spiro atoms. The predicted octanol–water partition coefficient (Wildman–Crippen LogP) is 3.46. The third-order valence-electron chi connectivity index (χ3n) is 5.78. The van der Waals surface area contributed by atoms with E-state index in [0.29, 0.717) is 18.0 Å². The van der Waals surface area contributed by atoms with Crippen molar-refractivity contribution in [2.75, 3.05) is 6.54 Å². The number of nitrogens with zero attached hydrogens (tertiary/aromatic N) is 2. The lowest BCUT2D eigenvalue weighted by Crippen LogP contribution is -2.50. The number of carbonyl (C=O) groups excluding carboxylic acids is 2. The zero-order valence-electron chi connectivity index (χ0n) is 18.6. The molecule has 1 aliphatic rings. The molecule has 1 aromatic carbocycles. The van der Waals surface area contributed by atoms with Gasteiger partial charge >= 0.3 is 0 Å². The van der Waals surface area contributed by atoms with Crippen molar-refractivity contribution in [3.63, 3.8) is 0 Å². The van der Waals surface area contributed by atoms with E-state index in [-0.39, 0.29) is 12.6 Å². The molecule has 34 heavy (non-hydrogen) atoms. The third-order valence-corrected chi connectivity index (χ3v) is 8.19. The first-order valence-corrected chi connectivity index (χ1v) is 13.1. The summed E-state index contributed by atoms with van der Waals surface area (Å²) < 4.78 is 0. The number of thiophene rings is 1. The van der Waals surface area contributed by atoms with Gasteiger partial charge in [0.05, 0.1) is 12.6 Å². The molecule has 3 N–H and O–H groups in total. The molecule has 0 bridgehead atoms. The molecule has 0 unspecified atom stereocenters. The molecule has 2 amide bonds. The normalized spacial score (nSPS) is 17.5. The van der Waals surface area contributed by atoms with Crippen LogP contribution in [0.15, 0.2) is 41.1 Å². The molecule has 10 heteroatoms. The Bertz CT molecular complexity index is 1160. The van der Waals surface area contributed by atoms with Crippen molar-refractivity contribution in [1.29, 1.82) is 0 Å². The van der Waals surface area contributed by atoms with Crippen molar-refractivity contribution in [2.45, 2.75) is 51.0 Å². The topological polar surface area (TPSA) is 103 Å². The molecular formula is C24H26ClN3O4S2. The Balaban J connectivity index is 1.31. The summed E-state index contributed by atoms with van der Waals surface area (Å²) in [7, 11) is 0. The molecular weight excluding hydrogens is 494 g/mol. The summed E-state index contributed by atoms with van der Waals surface area (Å²) in [6.45, 7) is 2.53. The number of amides is 2. The summed E-state index contributed by atoms with van der Waals surface area (Å²) in [5.74, 6) is -1.45. The summed E-state index contributed by atoms with van der Waals surface area (Å²) in [6, 6.07) is 9.36. The highest BCUT2D eigenvalue weighted by atomic mass is 35.5. The van der Waals surface area contributed by atoms with E-state index in [0.717, 1.165) is 39.5 Å². The number of thiazole rings is 1. The molecule has 0 aliphatic carbocycles. The number of aliphatic hydroxyl groups excluding tert-OH is 2. The zero-order valence-corrected chi connectivity index (χ0v) is 21.0. The van der Waals surface area contributed by atoms with Gasteiger partial charge in [0.25, 0.3) is 11.8 Å². The highest BCUT2D eigenvalue weighted by molar-refractivity contribution is 7.10. The second kappa shape index (κ2) is 11.0. The van der Waals surface area contributed by atoms with E-state index in [1.54, 1.807) is 0 Å². The lowest BCUT2D eigenvalue weighted by Gasteiger charge is -2.27. The van der Waals surface area contributed by atoms with Gasteiger partial charge in [0.15, 0.2) is 12.2 Å². The number of carbonyl (C=O) groups is 2. The number of nitrogens with one attached hydrogen (secondary N) is 1. The van der Waals surface area contributed by atoms with Crippen LogP contribution in [-0.4, -0.2) is 50.7 Å². The zero-order chi connectivity index (χ0) is 24.2. The summed E-state index contributed by atoms with van der Waals surface area (Å²) >= 11 is 9.18. The van der Waals surface area contributed by atoms with Gasteiger partial charge in [-0.3, -0.25) is 9.59 Å². The Labute approximate surface area is 211 Å². The van der Waals surface area contributed by atoms with Gasteiger partial charge in [-0.2, -0.15) is 0 Å². The summed E-state index contributed by atoms with van der Waals surface area (Å²) in [6.07, 6.45) is -1.49. The van der Waals surface area contributed by atoms with E-state index in [1.807, 2.05) is 48.0 Å². The highest BCUT2D eigenvalue weighted by Crippen LogP contribution is 2.34. The van der Waals surface area contributed by atoms with Crippen LogP contribution in [0.1, 0.15) is 45.6 Å². The van der Waals surface area contributed by atoms with Crippen molar-refractivity contribution in [3.05, 3.63) is 72.8 Å². The van der Waals surface area contributed by atoms with Crippen molar-refractivity contribution in [1.82, 2.24) is 15.2 Å². The summed E-state index contributed by atoms with van der Waals surface area (Å²) in [4.78, 5) is 32.2. The van der Waals surface area contributed by atoms with Crippen LogP contribution in [0.5, 0.6) is 0 Å². The molecule has 1 fully saturated rings. The van der Waals surface area contributed by atoms with Crippen LogP contribution < -0.4 is 5.32 Å². The number of aromatic nitrogens is 1. The van der Waals surface area contributed by atoms with E-state index in [2.05, 4.69) is 10.3 Å². The second-order valence-corrected chi connectivity index (χ2v) is 10.6. The number of halogens is 1. The van der Waals surface area contributed by atoms with E-state index >= 15 is 0 Å². The van der Waals surface area contributed by atoms with Gasteiger partial charge < -0.3 is 20.4 Å². The molecule has 7 nitrogen and oxygen atoms in total. The number of aryl methyl sites for hydroxylation is 1. The minimum Gasteiger partial charge on any atom is -0.380 e. The van der Waals surface area contributed by atoms with Gasteiger partial charge in [0.1, 0.15) is 5.01 Å². The van der Waals surface area contributed by atoms with Gasteiger partial charge in [0.2, 0.25) is 0 Å². The molecule has 4 rings (SSSR count). The van der Waals surface area contributed by atoms with E-state index in [9.17, 15) is 19.8 Å². The molecule has 3 atom stereocenters. The summed E-state index contributed by atoms with van der Waals surface area (Å²) in [5, 5.41) is 28.8. The Morgan fingerprint density at radius 3 is 2.76 bits per heavy atom. The first-order chi connectivity index (χ1) is 16.3. The quantitative estimate of drug-likeness (QED) is 0.423. The fourth-order valence-electron chi connectivity index (χ4n) is 4.01. The van der Waals surface area contributed by atoms with Crippen molar-refractivity contribution in [2.24, 2.45) is 0 Å². The van der Waals surface area contributed by atoms with Crippen molar-refractivity contribution < 1.29 is 19.8 Å². The number of likely N-dealkylation sites (tertiary alicyclic amines) is 1. The van der Waals surface area contributed by atoms with Crippen LogP contribution in [0.25, 0.3) is 0 Å². The van der Waals surface area contributed by atoms with E-state index in [1.165, 1.54) is 27.6 Å². The van der Waals surface area contributed by atoms with Gasteiger partial charge in [-0.1, -0.05) is 29.8 Å². The average Bonchev–Trinajstić information content (AvgIpc) is 3.58. The van der Waals surface area contributed by atoms with Crippen molar-refractivity contribution in [3.8, 4) is 0 Å². The average molecular weight is 520 g/mol. The molecule has 1 aliphatic heterocycles. The Hall–Kier alpha value is -2.30. The van der Waals surface area contributed by atoms with Crippen LogP contribution in [0, 0.1) is 6.92 Å². The molecule has 3 heterocycles. The molecule has 0 saturated carbocycles. The summed E-state index contributed by atoms with van der Waals surface area (Å²) in [5.41, 5.74) is 2.96. The highest BCUT2D eigenvalue weighted by Gasteiger charge is 2.39. The van der Waals surface area contributed by atoms with Crippen LogP contribution >= 0.6 is 34.3 Å². The number of hydrogen-bond acceptors (Lipinski definition) is 7. The second-order valence-electron chi connectivity index (χ2n) is 8.31. The SMILES string of the molecule is Cc1csc([C@H]2CCCN2C(=O)[C@H](O)[C@@H](O)C(=O)NCc2cc(Cc3ccccc3Cl)cs2)n1. The fraction of sp³-hybridized carbons (Fsp3) is 0.375. The van der Waals surface area contributed by atoms with Crippen molar-refractivity contribution >= 4 is 46.1 Å². The standard InChI is InChI=1S/C24H26ClN3O4S2/c1-14-12-34-23(27-14)19-7-4-8-28(19)24(32)21(30)20(29)22(31)26-11-17-10-15(13-33-17)9-16-5-2-3-6-18(16)25/h2-3,5-6,10,12-13,19-21,29-30H,4,7-9,11H2,1H3,(H,26,31)/t19-,20-,21-/m1/s1. The maximum Gasteiger partial charge on any atom is 0.255 e. The monoisotopic (exact) mass is 519 g/mol. The number of rotatable bonds is 8. The minimum absolute atomic E-state index is 0.189. The first-order valence-electron chi connectivity index (χ1n) is 11.0. The van der Waals surface area contributed by atoms with E-state index < -0.39 is 24.0 Å². The molecule has 0 radical (unpaired) electrons. The first kappa shape index (κ1) is 24.8. The Morgan fingerprint density at radius 2 is 2.03 bits per heavy atom. The van der Waals surface area contributed by atoms with Crippen LogP contribution in [0.4, 0.5) is 0 Å². The number of benzene rings is 1. The van der Waals surface area contributed by atoms with Gasteiger partial charge in [-0.25, -0.2) is 4.98 Å². The Kier molecular flexibility index (Phi) is 8.00. The van der Waals surface area contributed by atoms with Crippen LogP contribution in [-0.2, 0) is 22.6 Å². The number of aliphatic hydroxyl groups is 2. The maximum absolute atomic E-state index is 12.9. The molecule has 2 aromatic heterocycles. The minimum atomic E-state index is -1.85. The lowest BCUT2D eigenvalue weighted by atomic mass is 10.1.